The van der Waals surface area contributed by atoms with Crippen LogP contribution in [0.3, 0.4) is 0 Å². The molecule has 0 aliphatic carbocycles. The summed E-state index contributed by atoms with van der Waals surface area (Å²) in [5.74, 6) is -0.456. The molecule has 0 saturated carbocycles. The minimum Gasteiger partial charge on any atom is -0.339 e. The number of anilines is 2. The summed E-state index contributed by atoms with van der Waals surface area (Å²) in [6.07, 6.45) is 1.96. The number of benzene rings is 4. The summed E-state index contributed by atoms with van der Waals surface area (Å²) in [7, 11) is -3.92. The van der Waals surface area contributed by atoms with Crippen molar-refractivity contribution in [3.8, 4) is 0 Å². The van der Waals surface area contributed by atoms with E-state index in [9.17, 15) is 18.0 Å². The van der Waals surface area contributed by atoms with Gasteiger partial charge >= 0.3 is 0 Å². The van der Waals surface area contributed by atoms with Gasteiger partial charge in [0.25, 0.3) is 21.8 Å². The zero-order valence-electron chi connectivity index (χ0n) is 22.6. The molecule has 0 radical (unpaired) electrons. The molecule has 1 fully saturated rings. The summed E-state index contributed by atoms with van der Waals surface area (Å²) in [6.45, 7) is 3.30. The van der Waals surface area contributed by atoms with Gasteiger partial charge in [-0.3, -0.25) is 13.9 Å². The molecule has 9 heteroatoms. The molecule has 1 aliphatic heterocycles. The molecule has 4 aromatic rings. The highest BCUT2D eigenvalue weighted by molar-refractivity contribution is 7.92. The third-order valence-electron chi connectivity index (χ3n) is 7.11. The van der Waals surface area contributed by atoms with E-state index in [4.69, 9.17) is 11.6 Å². The van der Waals surface area contributed by atoms with Gasteiger partial charge in [-0.15, -0.1) is 0 Å². The molecule has 0 aromatic heterocycles. The molecule has 0 bridgehead atoms. The Labute approximate surface area is 245 Å². The molecule has 1 saturated heterocycles. The van der Waals surface area contributed by atoms with Gasteiger partial charge in [-0.2, -0.15) is 0 Å². The predicted molar refractivity (Wildman–Crippen MR) is 162 cm³/mol. The third-order valence-corrected chi connectivity index (χ3v) is 9.12. The first-order valence-corrected chi connectivity index (χ1v) is 15.2. The van der Waals surface area contributed by atoms with Gasteiger partial charge in [0.15, 0.2) is 0 Å². The number of hydrogen-bond donors (Lipinski definition) is 1. The molecule has 1 heterocycles. The average molecular weight is 588 g/mol. The Morgan fingerprint density at radius 1 is 0.878 bits per heavy atom. The van der Waals surface area contributed by atoms with Crippen molar-refractivity contribution in [2.24, 2.45) is 0 Å². The van der Waals surface area contributed by atoms with E-state index >= 15 is 0 Å². The van der Waals surface area contributed by atoms with Crippen LogP contribution in [0.2, 0.25) is 5.02 Å². The Morgan fingerprint density at radius 2 is 1.54 bits per heavy atom. The number of hydrogen-bond acceptors (Lipinski definition) is 4. The van der Waals surface area contributed by atoms with E-state index < -0.39 is 10.0 Å². The second kappa shape index (κ2) is 12.2. The molecule has 0 atom stereocenters. The van der Waals surface area contributed by atoms with Crippen molar-refractivity contribution in [2.45, 2.75) is 31.2 Å². The van der Waals surface area contributed by atoms with Gasteiger partial charge in [0.1, 0.15) is 0 Å². The number of carbonyl (C=O) groups excluding carboxylic acids is 2. The van der Waals surface area contributed by atoms with Crippen LogP contribution in [-0.4, -0.2) is 38.2 Å². The molecule has 41 heavy (non-hydrogen) atoms. The van der Waals surface area contributed by atoms with E-state index in [2.05, 4.69) is 5.32 Å². The molecular formula is C32H30ClN3O4S. The summed E-state index contributed by atoms with van der Waals surface area (Å²) in [5.41, 5.74) is 3.21. The van der Waals surface area contributed by atoms with Crippen LogP contribution in [-0.2, 0) is 16.6 Å². The normalized spacial score (nSPS) is 13.2. The van der Waals surface area contributed by atoms with Crippen molar-refractivity contribution in [2.75, 3.05) is 22.7 Å². The van der Waals surface area contributed by atoms with E-state index in [0.717, 1.165) is 18.4 Å². The largest absolute Gasteiger partial charge is 0.339 e. The van der Waals surface area contributed by atoms with Crippen LogP contribution >= 0.6 is 11.6 Å². The summed E-state index contributed by atoms with van der Waals surface area (Å²) in [6, 6.07) is 27.1. The van der Waals surface area contributed by atoms with Crippen molar-refractivity contribution in [1.82, 2.24) is 4.90 Å². The number of para-hydroxylation sites is 1. The molecular weight excluding hydrogens is 558 g/mol. The van der Waals surface area contributed by atoms with Crippen LogP contribution in [0.15, 0.2) is 102 Å². The topological polar surface area (TPSA) is 86.8 Å². The van der Waals surface area contributed by atoms with Gasteiger partial charge in [-0.1, -0.05) is 60.1 Å². The van der Waals surface area contributed by atoms with Crippen LogP contribution in [0.25, 0.3) is 0 Å². The fourth-order valence-electron chi connectivity index (χ4n) is 4.86. The zero-order valence-corrected chi connectivity index (χ0v) is 24.2. The first kappa shape index (κ1) is 28.4. The molecule has 210 valence electrons. The summed E-state index contributed by atoms with van der Waals surface area (Å²) >= 11 is 6.26. The van der Waals surface area contributed by atoms with Gasteiger partial charge < -0.3 is 10.2 Å². The van der Waals surface area contributed by atoms with Gasteiger partial charge in [-0.05, 0) is 79.4 Å². The monoisotopic (exact) mass is 587 g/mol. The number of rotatable bonds is 8. The lowest BCUT2D eigenvalue weighted by atomic mass is 10.1. The fraction of sp³-hybridized carbons (Fsp3) is 0.188. The molecule has 0 unspecified atom stereocenters. The number of amides is 2. The molecule has 1 aliphatic rings. The highest BCUT2D eigenvalue weighted by Gasteiger charge is 2.27. The van der Waals surface area contributed by atoms with Crippen LogP contribution in [0.1, 0.15) is 44.7 Å². The maximum absolute atomic E-state index is 13.7. The Morgan fingerprint density at radius 3 is 2.24 bits per heavy atom. The fourth-order valence-corrected chi connectivity index (χ4v) is 6.56. The van der Waals surface area contributed by atoms with Crippen molar-refractivity contribution in [3.05, 3.63) is 124 Å². The molecule has 0 spiro atoms. The SMILES string of the molecule is Cc1ccc(Cl)cc1N(Cc1ccc(C(=O)Nc2ccccc2C(=O)N2CCCC2)cc1)S(=O)(=O)c1ccccc1. The smallest absolute Gasteiger partial charge is 0.264 e. The molecule has 1 N–H and O–H groups in total. The second-order valence-corrected chi connectivity index (χ2v) is 12.3. The number of nitrogens with one attached hydrogen (secondary N) is 1. The predicted octanol–water partition coefficient (Wildman–Crippen LogP) is 6.53. The highest BCUT2D eigenvalue weighted by atomic mass is 35.5. The van der Waals surface area contributed by atoms with Gasteiger partial charge in [0.05, 0.1) is 28.4 Å². The Kier molecular flexibility index (Phi) is 8.42. The maximum atomic E-state index is 13.7. The number of sulfonamides is 1. The molecule has 4 aromatic carbocycles. The van der Waals surface area contributed by atoms with Crippen LogP contribution < -0.4 is 9.62 Å². The van der Waals surface area contributed by atoms with Gasteiger partial charge in [0.2, 0.25) is 0 Å². The lowest BCUT2D eigenvalue weighted by molar-refractivity contribution is 0.0794. The quantitative estimate of drug-likeness (QED) is 0.254. The van der Waals surface area contributed by atoms with E-state index in [0.29, 0.717) is 46.2 Å². The third kappa shape index (κ3) is 6.29. The Bertz CT molecular complexity index is 1670. The van der Waals surface area contributed by atoms with Crippen LogP contribution in [0, 0.1) is 6.92 Å². The zero-order chi connectivity index (χ0) is 29.0. The van der Waals surface area contributed by atoms with Crippen LogP contribution in [0.4, 0.5) is 11.4 Å². The van der Waals surface area contributed by atoms with E-state index in [1.165, 1.54) is 4.31 Å². The summed E-state index contributed by atoms with van der Waals surface area (Å²) < 4.78 is 28.8. The number of carbonyl (C=O) groups is 2. The highest BCUT2D eigenvalue weighted by Crippen LogP contribution is 2.31. The van der Waals surface area contributed by atoms with Crippen molar-refractivity contribution < 1.29 is 18.0 Å². The lowest BCUT2D eigenvalue weighted by Crippen LogP contribution is -2.31. The number of aryl methyl sites for hydroxylation is 1. The van der Waals surface area contributed by atoms with Crippen LogP contribution in [0.5, 0.6) is 0 Å². The van der Waals surface area contributed by atoms with Gasteiger partial charge in [0, 0.05) is 23.7 Å². The number of halogens is 1. The standard InChI is InChI=1S/C32H30ClN3O4S/c1-23-13-18-26(33)21-30(23)36(41(39,40)27-9-3-2-4-10-27)22-24-14-16-25(17-15-24)31(37)34-29-12-6-5-11-28(29)32(38)35-19-7-8-20-35/h2-6,9-18,21H,7-8,19-20,22H2,1H3,(H,34,37). The Hall–Kier alpha value is -4.14. The van der Waals surface area contributed by atoms with E-state index in [-0.39, 0.29) is 23.3 Å². The van der Waals surface area contributed by atoms with Crippen molar-refractivity contribution in [3.63, 3.8) is 0 Å². The first-order valence-electron chi connectivity index (χ1n) is 13.4. The molecule has 2 amide bonds. The van der Waals surface area contributed by atoms with Crippen molar-refractivity contribution >= 4 is 44.8 Å². The van der Waals surface area contributed by atoms with Gasteiger partial charge in [-0.25, -0.2) is 8.42 Å². The molecule has 5 rings (SSSR count). The average Bonchev–Trinajstić information content (AvgIpc) is 3.53. The van der Waals surface area contributed by atoms with E-state index in [1.807, 2.05) is 6.92 Å². The minimum absolute atomic E-state index is 0.0352. The minimum atomic E-state index is -3.92. The lowest BCUT2D eigenvalue weighted by Gasteiger charge is -2.26. The first-order chi connectivity index (χ1) is 19.7. The second-order valence-electron chi connectivity index (χ2n) is 9.95. The summed E-state index contributed by atoms with van der Waals surface area (Å²) in [4.78, 5) is 28.1. The van der Waals surface area contributed by atoms with Crippen molar-refractivity contribution in [1.29, 1.82) is 0 Å². The molecule has 7 nitrogen and oxygen atoms in total. The number of likely N-dealkylation sites (tertiary alicyclic amines) is 1. The van der Waals surface area contributed by atoms with E-state index in [1.54, 1.807) is 102 Å². The maximum Gasteiger partial charge on any atom is 0.264 e. The summed E-state index contributed by atoms with van der Waals surface area (Å²) in [5, 5.41) is 3.29. The number of nitrogens with zero attached hydrogens (tertiary/aromatic N) is 2. The Balaban J connectivity index is 1.39.